The van der Waals surface area contributed by atoms with E-state index in [0.29, 0.717) is 30.8 Å². The molecule has 8 nitrogen and oxygen atoms in total. The van der Waals surface area contributed by atoms with E-state index in [2.05, 4.69) is 25.6 Å². The van der Waals surface area contributed by atoms with Crippen molar-refractivity contribution in [3.8, 4) is 17.0 Å². The van der Waals surface area contributed by atoms with Gasteiger partial charge in [0.2, 0.25) is 5.95 Å². The molecular formula is C22H21FN6O2. The minimum atomic E-state index is -0.925. The molecule has 3 heterocycles. The lowest BCUT2D eigenvalue weighted by Gasteiger charge is -2.13. The topological polar surface area (TPSA) is 115 Å². The third kappa shape index (κ3) is 3.98. The van der Waals surface area contributed by atoms with Gasteiger partial charge in [0.25, 0.3) is 5.91 Å². The van der Waals surface area contributed by atoms with Crippen molar-refractivity contribution in [3.63, 3.8) is 0 Å². The number of benzene rings is 1. The number of pyridine rings is 1. The van der Waals surface area contributed by atoms with Gasteiger partial charge in [-0.3, -0.25) is 4.79 Å². The maximum absolute atomic E-state index is 13.0. The molecular weight excluding hydrogens is 399 g/mol. The Hall–Kier alpha value is -3.75. The van der Waals surface area contributed by atoms with E-state index in [4.69, 9.17) is 10.5 Å². The van der Waals surface area contributed by atoms with Crippen LogP contribution in [0.15, 0.2) is 42.7 Å². The fraction of sp³-hybridized carbons (Fsp3) is 0.273. The highest BCUT2D eigenvalue weighted by molar-refractivity contribution is 5.94. The average molecular weight is 420 g/mol. The summed E-state index contributed by atoms with van der Waals surface area (Å²) in [4.78, 5) is 25.0. The Balaban J connectivity index is 1.33. The Bertz CT molecular complexity index is 1150. The van der Waals surface area contributed by atoms with E-state index in [9.17, 15) is 9.18 Å². The lowest BCUT2D eigenvalue weighted by molar-refractivity contribution is 0.0947. The number of anilines is 2. The number of nitrogens with one attached hydrogen (secondary N) is 2. The number of amides is 1. The van der Waals surface area contributed by atoms with Crippen molar-refractivity contribution in [2.75, 3.05) is 17.7 Å². The van der Waals surface area contributed by atoms with E-state index < -0.39 is 6.17 Å². The maximum atomic E-state index is 13.0. The first-order valence-corrected chi connectivity index (χ1v) is 10.1. The molecule has 1 aromatic carbocycles. The predicted octanol–water partition coefficient (Wildman–Crippen LogP) is 2.51. The standard InChI is InChI=1S/C22H21FN6O2/c23-16-9-18(16)28-21(30)13-3-1-2-12(8-13)10-26-20-14-5-7-31-19(14)15(11-27-20)17-4-6-25-22(24)29-17/h1-4,6,8,11,16,18H,5,7,9-10H2,(H,26,27)(H,28,30)(H2,24,25,29). The maximum Gasteiger partial charge on any atom is 0.251 e. The zero-order valence-electron chi connectivity index (χ0n) is 16.6. The van der Waals surface area contributed by atoms with Crippen molar-refractivity contribution < 1.29 is 13.9 Å². The first kappa shape index (κ1) is 19.2. The van der Waals surface area contributed by atoms with Gasteiger partial charge in [-0.25, -0.2) is 19.3 Å². The quantitative estimate of drug-likeness (QED) is 0.561. The minimum absolute atomic E-state index is 0.194. The SMILES string of the molecule is Nc1nccc(-c2cnc(NCc3cccc(C(=O)NC4CC4F)c3)c3c2OCC3)n1. The lowest BCUT2D eigenvalue weighted by Crippen LogP contribution is -2.27. The molecule has 1 aliphatic carbocycles. The Morgan fingerprint density at radius 3 is 2.97 bits per heavy atom. The Kier molecular flexibility index (Phi) is 4.85. The van der Waals surface area contributed by atoms with Crippen molar-refractivity contribution in [1.82, 2.24) is 20.3 Å². The Morgan fingerprint density at radius 1 is 1.29 bits per heavy atom. The second-order valence-electron chi connectivity index (χ2n) is 7.61. The number of alkyl halides is 1. The Morgan fingerprint density at radius 2 is 2.16 bits per heavy atom. The summed E-state index contributed by atoms with van der Waals surface area (Å²) in [5.41, 5.74) is 9.55. The molecule has 0 saturated heterocycles. The molecule has 9 heteroatoms. The summed E-state index contributed by atoms with van der Waals surface area (Å²) < 4.78 is 18.9. The molecule has 1 saturated carbocycles. The highest BCUT2D eigenvalue weighted by atomic mass is 19.1. The highest BCUT2D eigenvalue weighted by Crippen LogP contribution is 2.39. The Labute approximate surface area is 178 Å². The third-order valence-corrected chi connectivity index (χ3v) is 5.35. The van der Waals surface area contributed by atoms with Crippen LogP contribution in [0.4, 0.5) is 16.2 Å². The number of carbonyl (C=O) groups excluding carboxylic acids is 1. The molecule has 31 heavy (non-hydrogen) atoms. The van der Waals surface area contributed by atoms with Gasteiger partial charge in [-0.1, -0.05) is 12.1 Å². The zero-order valence-corrected chi connectivity index (χ0v) is 16.6. The first-order chi connectivity index (χ1) is 15.1. The monoisotopic (exact) mass is 420 g/mol. The van der Waals surface area contributed by atoms with Crippen molar-refractivity contribution in [3.05, 3.63) is 59.4 Å². The summed E-state index contributed by atoms with van der Waals surface area (Å²) in [5.74, 6) is 1.41. The van der Waals surface area contributed by atoms with Crippen LogP contribution >= 0.6 is 0 Å². The number of hydrogen-bond donors (Lipinski definition) is 3. The van der Waals surface area contributed by atoms with Crippen LogP contribution < -0.4 is 21.1 Å². The molecule has 0 spiro atoms. The van der Waals surface area contributed by atoms with Crippen molar-refractivity contribution in [1.29, 1.82) is 0 Å². The lowest BCUT2D eigenvalue weighted by atomic mass is 10.1. The van der Waals surface area contributed by atoms with Crippen LogP contribution in [0.2, 0.25) is 0 Å². The number of hydrogen-bond acceptors (Lipinski definition) is 7. The molecule has 158 valence electrons. The molecule has 2 unspecified atom stereocenters. The molecule has 1 fully saturated rings. The van der Waals surface area contributed by atoms with E-state index in [1.54, 1.807) is 30.6 Å². The second-order valence-corrected chi connectivity index (χ2v) is 7.61. The molecule has 1 aliphatic heterocycles. The van der Waals surface area contributed by atoms with Gasteiger partial charge in [0, 0.05) is 42.9 Å². The smallest absolute Gasteiger partial charge is 0.251 e. The molecule has 1 amide bonds. The molecule has 2 aliphatic rings. The van der Waals surface area contributed by atoms with Crippen LogP contribution in [0.5, 0.6) is 5.75 Å². The summed E-state index contributed by atoms with van der Waals surface area (Å²) in [6.07, 6.45) is 3.51. The summed E-state index contributed by atoms with van der Waals surface area (Å²) in [6, 6.07) is 8.67. The number of aromatic nitrogens is 3. The summed E-state index contributed by atoms with van der Waals surface area (Å²) >= 11 is 0. The number of rotatable bonds is 6. The number of nitrogens with two attached hydrogens (primary N) is 1. The predicted molar refractivity (Wildman–Crippen MR) is 113 cm³/mol. The summed E-state index contributed by atoms with van der Waals surface area (Å²) in [5, 5.41) is 6.04. The van der Waals surface area contributed by atoms with Crippen LogP contribution in [0.1, 0.15) is 27.9 Å². The van der Waals surface area contributed by atoms with Gasteiger partial charge in [-0.2, -0.15) is 0 Å². The van der Waals surface area contributed by atoms with Gasteiger partial charge in [0.1, 0.15) is 17.7 Å². The first-order valence-electron chi connectivity index (χ1n) is 10.1. The average Bonchev–Trinajstić information content (AvgIpc) is 3.24. The van der Waals surface area contributed by atoms with Crippen molar-refractivity contribution in [2.24, 2.45) is 0 Å². The fourth-order valence-electron chi connectivity index (χ4n) is 3.62. The number of nitrogen functional groups attached to an aromatic ring is 1. The molecule has 2 atom stereocenters. The molecule has 3 aromatic rings. The van der Waals surface area contributed by atoms with Crippen LogP contribution in [0.25, 0.3) is 11.3 Å². The van der Waals surface area contributed by atoms with Gasteiger partial charge >= 0.3 is 0 Å². The number of fused-ring (bicyclic) bond motifs is 1. The summed E-state index contributed by atoms with van der Waals surface area (Å²) in [7, 11) is 0. The molecule has 0 radical (unpaired) electrons. The molecule has 5 rings (SSSR count). The van der Waals surface area contributed by atoms with E-state index in [1.807, 2.05) is 12.1 Å². The highest BCUT2D eigenvalue weighted by Gasteiger charge is 2.38. The number of nitrogens with zero attached hydrogens (tertiary/aromatic N) is 3. The molecule has 2 aromatic heterocycles. The van der Waals surface area contributed by atoms with E-state index in [1.165, 1.54) is 0 Å². The van der Waals surface area contributed by atoms with Crippen molar-refractivity contribution in [2.45, 2.75) is 31.6 Å². The van der Waals surface area contributed by atoms with E-state index in [-0.39, 0.29) is 17.9 Å². The van der Waals surface area contributed by atoms with Gasteiger partial charge in [-0.05, 0) is 23.8 Å². The van der Waals surface area contributed by atoms with E-state index in [0.717, 1.165) is 34.7 Å². The third-order valence-electron chi connectivity index (χ3n) is 5.35. The van der Waals surface area contributed by atoms with Crippen LogP contribution in [-0.2, 0) is 13.0 Å². The normalized spacial score (nSPS) is 18.7. The molecule has 4 N–H and O–H groups in total. The second kappa shape index (κ2) is 7.82. The number of halogens is 1. The van der Waals surface area contributed by atoms with Gasteiger partial charge in [0.05, 0.1) is 23.9 Å². The van der Waals surface area contributed by atoms with Gasteiger partial charge in [-0.15, -0.1) is 0 Å². The van der Waals surface area contributed by atoms with Crippen molar-refractivity contribution >= 4 is 17.7 Å². The zero-order chi connectivity index (χ0) is 21.4. The van der Waals surface area contributed by atoms with Crippen LogP contribution in [0, 0.1) is 0 Å². The number of carbonyl (C=O) groups is 1. The largest absolute Gasteiger partial charge is 0.492 e. The van der Waals surface area contributed by atoms with Gasteiger partial charge < -0.3 is 21.1 Å². The van der Waals surface area contributed by atoms with Crippen LogP contribution in [-0.4, -0.2) is 39.7 Å². The fourth-order valence-corrected chi connectivity index (χ4v) is 3.62. The van der Waals surface area contributed by atoms with Gasteiger partial charge in [0.15, 0.2) is 0 Å². The van der Waals surface area contributed by atoms with E-state index >= 15 is 0 Å². The number of ether oxygens (including phenoxy) is 1. The minimum Gasteiger partial charge on any atom is -0.492 e. The van der Waals surface area contributed by atoms with Crippen LogP contribution in [0.3, 0.4) is 0 Å². The summed E-state index contributed by atoms with van der Waals surface area (Å²) in [6.45, 7) is 1.05. The molecule has 0 bridgehead atoms.